The molecule has 1 heterocycles. The highest BCUT2D eigenvalue weighted by Gasteiger charge is 2.33. The molecule has 1 saturated carbocycles. The summed E-state index contributed by atoms with van der Waals surface area (Å²) in [5.74, 6) is -1.13. The van der Waals surface area contributed by atoms with Crippen LogP contribution in [0.15, 0.2) is 23.1 Å². The molecule has 13 heteroatoms. The summed E-state index contributed by atoms with van der Waals surface area (Å²) in [5.41, 5.74) is 1.36. The lowest BCUT2D eigenvalue weighted by Crippen LogP contribution is -2.48. The lowest BCUT2D eigenvalue weighted by atomic mass is 9.80. The van der Waals surface area contributed by atoms with E-state index in [2.05, 4.69) is 4.72 Å². The summed E-state index contributed by atoms with van der Waals surface area (Å²) in [6.07, 6.45) is 6.27. The van der Waals surface area contributed by atoms with E-state index < -0.39 is 33.5 Å². The molecule has 2 aliphatic rings. The second-order valence-corrected chi connectivity index (χ2v) is 14.3. The first-order valence-electron chi connectivity index (χ1n) is 15.1. The number of hydroxylamine groups is 1. The van der Waals surface area contributed by atoms with E-state index in [1.807, 2.05) is 20.8 Å². The Morgan fingerprint density at radius 3 is 2.33 bits per heavy atom. The number of rotatable bonds is 11. The molecule has 0 bridgehead atoms. The van der Waals surface area contributed by atoms with Gasteiger partial charge in [0.25, 0.3) is 5.91 Å². The van der Waals surface area contributed by atoms with E-state index in [0.29, 0.717) is 38.1 Å². The van der Waals surface area contributed by atoms with E-state index in [1.54, 1.807) is 22.3 Å². The number of amides is 3. The highest BCUT2D eigenvalue weighted by molar-refractivity contribution is 7.89. The van der Waals surface area contributed by atoms with Crippen molar-refractivity contribution in [3.8, 4) is 5.75 Å². The highest BCUT2D eigenvalue weighted by atomic mass is 32.2. The number of nitrogens with one attached hydrogen (secondary N) is 2. The van der Waals surface area contributed by atoms with Crippen molar-refractivity contribution < 1.29 is 37.5 Å². The van der Waals surface area contributed by atoms with Gasteiger partial charge in [-0.05, 0) is 69.7 Å². The topological polar surface area (TPSA) is 155 Å². The van der Waals surface area contributed by atoms with Gasteiger partial charge >= 0.3 is 6.09 Å². The molecule has 1 aliphatic heterocycles. The van der Waals surface area contributed by atoms with E-state index in [4.69, 9.17) is 9.47 Å². The molecular formula is C30H48N4O8S. The molecule has 43 heavy (non-hydrogen) atoms. The van der Waals surface area contributed by atoms with Gasteiger partial charge in [-0.25, -0.2) is 23.4 Å². The second kappa shape index (κ2) is 15.2. The fraction of sp³-hybridized carbons (Fsp3) is 0.700. The molecule has 1 aromatic carbocycles. The Kier molecular flexibility index (Phi) is 12.2. The van der Waals surface area contributed by atoms with Crippen molar-refractivity contribution in [1.29, 1.82) is 0 Å². The number of carbonyl (C=O) groups excluding carboxylic acids is 3. The van der Waals surface area contributed by atoms with Gasteiger partial charge in [-0.1, -0.05) is 32.1 Å². The summed E-state index contributed by atoms with van der Waals surface area (Å²) in [6.45, 7) is 6.21. The third-order valence-electron chi connectivity index (χ3n) is 8.28. The van der Waals surface area contributed by atoms with Crippen molar-refractivity contribution in [2.24, 2.45) is 5.92 Å². The standard InChI is InChI=1S/C30H48N4O8S/c1-30(2,3)42-29(37)33(4)22-14-17-34(18-15-22)27(35)13-16-31-43(39,40)26-12-11-23(41-5)20-24(26)25(28(36)32-38)19-21-9-7-6-8-10-21/h11-12,20-22,25,31,38H,6-10,13-19H2,1-5H3,(H,32,36). The van der Waals surface area contributed by atoms with Gasteiger partial charge in [0, 0.05) is 39.1 Å². The Morgan fingerprint density at radius 2 is 1.74 bits per heavy atom. The fourth-order valence-electron chi connectivity index (χ4n) is 5.89. The maximum Gasteiger partial charge on any atom is 0.410 e. The summed E-state index contributed by atoms with van der Waals surface area (Å²) in [7, 11) is -0.958. The van der Waals surface area contributed by atoms with Crippen molar-refractivity contribution in [2.75, 3.05) is 33.8 Å². The van der Waals surface area contributed by atoms with Crippen molar-refractivity contribution in [2.45, 2.75) is 101 Å². The minimum absolute atomic E-state index is 0.0417. The van der Waals surface area contributed by atoms with Crippen molar-refractivity contribution in [3.63, 3.8) is 0 Å². The summed E-state index contributed by atoms with van der Waals surface area (Å²) >= 11 is 0. The Morgan fingerprint density at radius 1 is 1.09 bits per heavy atom. The number of hydrogen-bond acceptors (Lipinski definition) is 8. The van der Waals surface area contributed by atoms with Crippen LogP contribution in [0, 0.1) is 5.92 Å². The lowest BCUT2D eigenvalue weighted by Gasteiger charge is -2.37. The Hall–Kier alpha value is -2.90. The first kappa shape index (κ1) is 34.6. The van der Waals surface area contributed by atoms with Crippen LogP contribution in [-0.4, -0.2) is 86.8 Å². The number of carbonyl (C=O) groups is 3. The quantitative estimate of drug-likeness (QED) is 0.248. The van der Waals surface area contributed by atoms with Gasteiger partial charge in [0.05, 0.1) is 17.9 Å². The van der Waals surface area contributed by atoms with Gasteiger partial charge in [-0.3, -0.25) is 14.8 Å². The number of nitrogens with zero attached hydrogens (tertiary/aromatic N) is 2. The third kappa shape index (κ3) is 9.80. The Balaban J connectivity index is 1.63. The molecule has 242 valence electrons. The van der Waals surface area contributed by atoms with E-state index >= 15 is 0 Å². The predicted octanol–water partition coefficient (Wildman–Crippen LogP) is 3.78. The molecule has 3 amide bonds. The van der Waals surface area contributed by atoms with Crippen molar-refractivity contribution >= 4 is 27.9 Å². The monoisotopic (exact) mass is 624 g/mol. The van der Waals surface area contributed by atoms with Crippen LogP contribution >= 0.6 is 0 Å². The molecule has 1 aliphatic carbocycles. The summed E-state index contributed by atoms with van der Waals surface area (Å²) < 4.78 is 40.2. The largest absolute Gasteiger partial charge is 0.497 e. The van der Waals surface area contributed by atoms with Gasteiger partial charge < -0.3 is 19.3 Å². The Labute approximate surface area is 255 Å². The predicted molar refractivity (Wildman–Crippen MR) is 160 cm³/mol. The van der Waals surface area contributed by atoms with E-state index in [-0.39, 0.29) is 41.3 Å². The highest BCUT2D eigenvalue weighted by Crippen LogP contribution is 2.37. The zero-order valence-corrected chi connectivity index (χ0v) is 26.9. The molecule has 2 fully saturated rings. The minimum Gasteiger partial charge on any atom is -0.497 e. The van der Waals surface area contributed by atoms with Gasteiger partial charge in [-0.2, -0.15) is 0 Å². The second-order valence-electron chi connectivity index (χ2n) is 12.5. The maximum atomic E-state index is 13.5. The van der Waals surface area contributed by atoms with E-state index in [1.165, 1.54) is 25.3 Å². The molecular weight excluding hydrogens is 576 g/mol. The van der Waals surface area contributed by atoms with E-state index in [9.17, 15) is 28.0 Å². The average Bonchev–Trinajstić information content (AvgIpc) is 2.98. The SMILES string of the molecule is COc1ccc(S(=O)(=O)NCCC(=O)N2CCC(N(C)C(=O)OC(C)(C)C)CC2)c(C(CC2CCCCC2)C(=O)NO)c1. The summed E-state index contributed by atoms with van der Waals surface area (Å²) in [4.78, 5) is 41.3. The van der Waals surface area contributed by atoms with Crippen LogP contribution in [0.3, 0.4) is 0 Å². The maximum absolute atomic E-state index is 13.5. The fourth-order valence-corrected chi connectivity index (χ4v) is 7.18. The van der Waals surface area contributed by atoms with Crippen LogP contribution in [0.25, 0.3) is 0 Å². The molecule has 1 aromatic rings. The number of benzene rings is 1. The number of methoxy groups -OCH3 is 1. The number of sulfonamides is 1. The van der Waals surface area contributed by atoms with Crippen LogP contribution in [0.2, 0.25) is 0 Å². The van der Waals surface area contributed by atoms with Gasteiger partial charge in [0.15, 0.2) is 0 Å². The lowest BCUT2D eigenvalue weighted by molar-refractivity contribution is -0.132. The summed E-state index contributed by atoms with van der Waals surface area (Å²) in [5, 5.41) is 9.50. The Bertz CT molecular complexity index is 1220. The van der Waals surface area contributed by atoms with Gasteiger partial charge in [0.2, 0.25) is 15.9 Å². The zero-order chi connectivity index (χ0) is 31.8. The summed E-state index contributed by atoms with van der Waals surface area (Å²) in [6, 6.07) is 4.38. The molecule has 1 atom stereocenters. The first-order chi connectivity index (χ1) is 20.3. The molecule has 0 spiro atoms. The zero-order valence-electron chi connectivity index (χ0n) is 26.1. The number of hydrogen-bond donors (Lipinski definition) is 3. The number of piperidine rings is 1. The number of likely N-dealkylation sites (tertiary alicyclic amines) is 1. The number of ether oxygens (including phenoxy) is 2. The van der Waals surface area contributed by atoms with Crippen LogP contribution in [0.4, 0.5) is 4.79 Å². The van der Waals surface area contributed by atoms with Crippen LogP contribution < -0.4 is 14.9 Å². The molecule has 1 saturated heterocycles. The third-order valence-corrected chi connectivity index (χ3v) is 9.81. The molecule has 3 N–H and O–H groups in total. The molecule has 0 radical (unpaired) electrons. The first-order valence-corrected chi connectivity index (χ1v) is 16.6. The molecule has 3 rings (SSSR count). The normalized spacial score (nSPS) is 17.7. The smallest absolute Gasteiger partial charge is 0.410 e. The molecule has 0 aromatic heterocycles. The minimum atomic E-state index is -4.11. The van der Waals surface area contributed by atoms with Crippen molar-refractivity contribution in [3.05, 3.63) is 23.8 Å². The van der Waals surface area contributed by atoms with Crippen molar-refractivity contribution in [1.82, 2.24) is 20.0 Å². The van der Waals surface area contributed by atoms with E-state index in [0.717, 1.165) is 32.1 Å². The van der Waals surface area contributed by atoms with Crippen LogP contribution in [-0.2, 0) is 24.3 Å². The van der Waals surface area contributed by atoms with Gasteiger partial charge in [-0.15, -0.1) is 0 Å². The average molecular weight is 625 g/mol. The van der Waals surface area contributed by atoms with Crippen LogP contribution in [0.5, 0.6) is 5.75 Å². The van der Waals surface area contributed by atoms with Gasteiger partial charge in [0.1, 0.15) is 11.4 Å². The molecule has 1 unspecified atom stereocenters. The molecule has 12 nitrogen and oxygen atoms in total. The van der Waals surface area contributed by atoms with Crippen LogP contribution in [0.1, 0.15) is 90.0 Å².